The van der Waals surface area contributed by atoms with Crippen molar-refractivity contribution in [3.63, 3.8) is 0 Å². The number of carbonyl (C=O) groups is 2. The third kappa shape index (κ3) is 5.98. The predicted molar refractivity (Wildman–Crippen MR) is 57.8 cm³/mol. The van der Waals surface area contributed by atoms with Crippen molar-refractivity contribution in [1.82, 2.24) is 0 Å². The molecule has 0 aromatic carbocycles. The highest BCUT2D eigenvalue weighted by Gasteiger charge is 2.11. The average molecular weight is 228 g/mol. The third-order valence-corrected chi connectivity index (χ3v) is 1.77. The summed E-state index contributed by atoms with van der Waals surface area (Å²) in [5.41, 5.74) is 0.143. The Labute approximate surface area is 94.0 Å². The van der Waals surface area contributed by atoms with E-state index < -0.39 is 18.0 Å². The van der Waals surface area contributed by atoms with Gasteiger partial charge in [0.15, 0.2) is 0 Å². The molecule has 0 fully saturated rings. The number of rotatable bonds is 7. The van der Waals surface area contributed by atoms with E-state index in [9.17, 15) is 9.59 Å². The Morgan fingerprint density at radius 2 is 1.88 bits per heavy atom. The summed E-state index contributed by atoms with van der Waals surface area (Å²) >= 11 is 0. The lowest BCUT2D eigenvalue weighted by Crippen LogP contribution is -2.13. The van der Waals surface area contributed by atoms with Crippen LogP contribution in [-0.4, -0.2) is 34.9 Å². The molecule has 0 amide bonds. The van der Waals surface area contributed by atoms with Crippen molar-refractivity contribution in [1.29, 1.82) is 0 Å². The number of esters is 1. The van der Waals surface area contributed by atoms with Gasteiger partial charge in [-0.15, -0.1) is 0 Å². The summed E-state index contributed by atoms with van der Waals surface area (Å²) in [4.78, 5) is 21.6. The molecule has 0 rings (SSSR count). The summed E-state index contributed by atoms with van der Waals surface area (Å²) in [6.45, 7) is 8.23. The topological polar surface area (TPSA) is 83.8 Å². The van der Waals surface area contributed by atoms with Gasteiger partial charge in [0.2, 0.25) is 0 Å². The Bertz CT molecular complexity index is 303. The number of aliphatic hydroxyl groups excluding tert-OH is 1. The fraction of sp³-hybridized carbons (Fsp3) is 0.455. The lowest BCUT2D eigenvalue weighted by atomic mass is 10.1. The van der Waals surface area contributed by atoms with Gasteiger partial charge in [0.1, 0.15) is 0 Å². The maximum absolute atomic E-state index is 11.2. The second kappa shape index (κ2) is 6.79. The number of hydrogen-bond acceptors (Lipinski definition) is 4. The van der Waals surface area contributed by atoms with Crippen molar-refractivity contribution < 1.29 is 24.5 Å². The minimum atomic E-state index is -1.11. The van der Waals surface area contributed by atoms with Gasteiger partial charge in [0.25, 0.3) is 0 Å². The van der Waals surface area contributed by atoms with E-state index in [0.29, 0.717) is 0 Å². The molecule has 16 heavy (non-hydrogen) atoms. The molecule has 0 radical (unpaired) electrons. The number of carbonyl (C=O) groups excluding carboxylic acids is 1. The van der Waals surface area contributed by atoms with Crippen LogP contribution in [0.4, 0.5) is 0 Å². The molecular weight excluding hydrogens is 212 g/mol. The molecule has 90 valence electrons. The van der Waals surface area contributed by atoms with Crippen LogP contribution in [-0.2, 0) is 14.3 Å². The van der Waals surface area contributed by atoms with Crippen molar-refractivity contribution >= 4 is 11.9 Å². The number of carboxylic acid groups (broad SMARTS) is 1. The lowest BCUT2D eigenvalue weighted by Gasteiger charge is -2.08. The minimum absolute atomic E-state index is 0.0195. The summed E-state index contributed by atoms with van der Waals surface area (Å²) in [5.74, 6) is -1.74. The molecule has 0 saturated carbocycles. The highest BCUT2D eigenvalue weighted by molar-refractivity contribution is 5.88. The molecule has 5 nitrogen and oxygen atoms in total. The Kier molecular flexibility index (Phi) is 6.10. The molecule has 0 spiro atoms. The summed E-state index contributed by atoms with van der Waals surface area (Å²) in [7, 11) is 0. The number of aliphatic carboxylic acids is 1. The predicted octanol–water partition coefficient (Wildman–Crippen LogP) is 0.888. The first-order chi connectivity index (χ1) is 7.34. The molecule has 1 unspecified atom stereocenters. The van der Waals surface area contributed by atoms with E-state index in [0.717, 1.165) is 0 Å². The highest BCUT2D eigenvalue weighted by Crippen LogP contribution is 2.06. The summed E-state index contributed by atoms with van der Waals surface area (Å²) in [6, 6.07) is 0. The maximum atomic E-state index is 11.2. The van der Waals surface area contributed by atoms with Gasteiger partial charge in [-0.05, 0) is 6.92 Å². The van der Waals surface area contributed by atoms with Crippen LogP contribution in [0.1, 0.15) is 19.8 Å². The number of ether oxygens (including phenoxy) is 1. The zero-order chi connectivity index (χ0) is 12.7. The minimum Gasteiger partial charge on any atom is -0.478 e. The highest BCUT2D eigenvalue weighted by atomic mass is 16.5. The van der Waals surface area contributed by atoms with E-state index in [-0.39, 0.29) is 30.6 Å². The van der Waals surface area contributed by atoms with E-state index in [4.69, 9.17) is 14.9 Å². The summed E-state index contributed by atoms with van der Waals surface area (Å²) < 4.78 is 4.75. The monoisotopic (exact) mass is 228 g/mol. The second-order valence-corrected chi connectivity index (χ2v) is 3.45. The smallest absolute Gasteiger partial charge is 0.333 e. The van der Waals surface area contributed by atoms with Gasteiger partial charge in [-0.1, -0.05) is 13.2 Å². The van der Waals surface area contributed by atoms with Crippen LogP contribution >= 0.6 is 0 Å². The molecule has 0 aliphatic carbocycles. The van der Waals surface area contributed by atoms with Crippen LogP contribution in [0.2, 0.25) is 0 Å². The van der Waals surface area contributed by atoms with Gasteiger partial charge in [-0.3, -0.25) is 0 Å². The number of hydrogen-bond donors (Lipinski definition) is 2. The number of aliphatic hydroxyl groups is 1. The maximum Gasteiger partial charge on any atom is 0.333 e. The van der Waals surface area contributed by atoms with Crippen molar-refractivity contribution in [3.8, 4) is 0 Å². The van der Waals surface area contributed by atoms with Crippen LogP contribution in [0.5, 0.6) is 0 Å². The Morgan fingerprint density at radius 3 is 2.31 bits per heavy atom. The van der Waals surface area contributed by atoms with Crippen molar-refractivity contribution in [2.24, 2.45) is 0 Å². The fourth-order valence-corrected chi connectivity index (χ4v) is 0.916. The molecule has 0 saturated heterocycles. The van der Waals surface area contributed by atoms with E-state index in [2.05, 4.69) is 13.2 Å². The summed E-state index contributed by atoms with van der Waals surface area (Å²) in [6.07, 6.45) is -0.448. The fourth-order valence-electron chi connectivity index (χ4n) is 0.916. The van der Waals surface area contributed by atoms with Gasteiger partial charge in [-0.25, -0.2) is 9.59 Å². The molecule has 0 aliphatic rings. The van der Waals surface area contributed by atoms with E-state index in [1.54, 1.807) is 0 Å². The standard InChI is InChI=1S/C11H16O5/c1-7(10(13)14)4-5-16-11(15)8(2)6-9(3)12/h9,12H,1-2,4-6H2,3H3,(H,13,14). The first kappa shape index (κ1) is 14.4. The van der Waals surface area contributed by atoms with Crippen LogP contribution in [0, 0.1) is 0 Å². The molecule has 0 aliphatic heterocycles. The van der Waals surface area contributed by atoms with Gasteiger partial charge in [-0.2, -0.15) is 0 Å². The Balaban J connectivity index is 3.86. The molecule has 0 aromatic rings. The van der Waals surface area contributed by atoms with Crippen LogP contribution in [0.15, 0.2) is 24.3 Å². The zero-order valence-electron chi connectivity index (χ0n) is 9.23. The molecular formula is C11H16O5. The molecule has 2 N–H and O–H groups in total. The van der Waals surface area contributed by atoms with Gasteiger partial charge < -0.3 is 14.9 Å². The molecule has 0 heterocycles. The van der Waals surface area contributed by atoms with E-state index in [1.165, 1.54) is 6.92 Å². The first-order valence-corrected chi connectivity index (χ1v) is 4.78. The van der Waals surface area contributed by atoms with Crippen LogP contribution < -0.4 is 0 Å². The van der Waals surface area contributed by atoms with Gasteiger partial charge >= 0.3 is 11.9 Å². The third-order valence-electron chi connectivity index (χ3n) is 1.77. The zero-order valence-corrected chi connectivity index (χ0v) is 9.23. The molecule has 5 heteroatoms. The van der Waals surface area contributed by atoms with Crippen molar-refractivity contribution in [2.75, 3.05) is 6.61 Å². The van der Waals surface area contributed by atoms with Crippen LogP contribution in [0.25, 0.3) is 0 Å². The first-order valence-electron chi connectivity index (χ1n) is 4.78. The molecule has 0 aromatic heterocycles. The normalized spacial score (nSPS) is 11.6. The van der Waals surface area contributed by atoms with E-state index >= 15 is 0 Å². The van der Waals surface area contributed by atoms with Gasteiger partial charge in [0, 0.05) is 24.0 Å². The second-order valence-electron chi connectivity index (χ2n) is 3.45. The summed E-state index contributed by atoms with van der Waals surface area (Å²) in [5, 5.41) is 17.5. The van der Waals surface area contributed by atoms with Crippen LogP contribution in [0.3, 0.4) is 0 Å². The van der Waals surface area contributed by atoms with Crippen molar-refractivity contribution in [3.05, 3.63) is 24.3 Å². The number of carboxylic acids is 1. The largest absolute Gasteiger partial charge is 0.478 e. The van der Waals surface area contributed by atoms with Gasteiger partial charge in [0.05, 0.1) is 12.7 Å². The average Bonchev–Trinajstić information content (AvgIpc) is 2.15. The SMILES string of the molecule is C=C(CCOC(=O)C(=C)CC(C)O)C(=O)O. The molecule has 1 atom stereocenters. The molecule has 0 bridgehead atoms. The lowest BCUT2D eigenvalue weighted by molar-refractivity contribution is -0.140. The van der Waals surface area contributed by atoms with E-state index in [1.807, 2.05) is 0 Å². The Hall–Kier alpha value is -1.62. The van der Waals surface area contributed by atoms with Crippen molar-refractivity contribution in [2.45, 2.75) is 25.9 Å². The quantitative estimate of drug-likeness (QED) is 0.499. The Morgan fingerprint density at radius 1 is 1.31 bits per heavy atom.